The lowest BCUT2D eigenvalue weighted by atomic mass is 9.89. The first-order valence-electron chi connectivity index (χ1n) is 6.25. The number of ether oxygens (including phenoxy) is 2. The maximum atomic E-state index is 14.2. The Hall–Kier alpha value is -0.810. The largest absolute Gasteiger partial charge is 0.486 e. The molecule has 18 heavy (non-hydrogen) atoms. The number of nitrogens with one attached hydrogen (secondary N) is 1. The van der Waals surface area contributed by atoms with Crippen molar-refractivity contribution in [3.8, 4) is 11.5 Å². The van der Waals surface area contributed by atoms with Gasteiger partial charge in [0.2, 0.25) is 0 Å². The van der Waals surface area contributed by atoms with E-state index in [0.717, 1.165) is 36.0 Å². The van der Waals surface area contributed by atoms with Gasteiger partial charge in [0, 0.05) is 11.6 Å². The number of halogens is 2. The molecule has 0 radical (unpaired) electrons. The molecule has 0 saturated carbocycles. The van der Waals surface area contributed by atoms with Gasteiger partial charge in [-0.05, 0) is 47.8 Å². The lowest BCUT2D eigenvalue weighted by Gasteiger charge is -2.27. The predicted molar refractivity (Wildman–Crippen MR) is 69.9 cm³/mol. The minimum atomic E-state index is -0.196. The summed E-state index contributed by atoms with van der Waals surface area (Å²) >= 11 is 3.49. The molecular weight excluding hydrogens is 301 g/mol. The third-order valence-corrected chi connectivity index (χ3v) is 4.30. The fourth-order valence-electron chi connectivity index (χ4n) is 2.62. The zero-order valence-corrected chi connectivity index (χ0v) is 11.6. The van der Waals surface area contributed by atoms with Gasteiger partial charge in [-0.1, -0.05) is 0 Å². The molecule has 3 nitrogen and oxygen atoms in total. The molecule has 0 spiro atoms. The van der Waals surface area contributed by atoms with Crippen LogP contribution in [0.1, 0.15) is 24.3 Å². The van der Waals surface area contributed by atoms with Crippen LogP contribution < -0.4 is 14.8 Å². The second kappa shape index (κ2) is 5.05. The van der Waals surface area contributed by atoms with Crippen molar-refractivity contribution in [2.75, 3.05) is 26.3 Å². The van der Waals surface area contributed by atoms with Crippen molar-refractivity contribution in [1.82, 2.24) is 5.32 Å². The molecule has 98 valence electrons. The third-order valence-electron chi connectivity index (χ3n) is 3.51. The van der Waals surface area contributed by atoms with Crippen LogP contribution in [0.3, 0.4) is 0 Å². The SMILES string of the molecule is Fc1cc2c(c(Br)c1C1CCNCC1)OCCO2. The highest BCUT2D eigenvalue weighted by molar-refractivity contribution is 9.10. The highest BCUT2D eigenvalue weighted by Gasteiger charge is 2.27. The Bertz CT molecular complexity index is 461. The summed E-state index contributed by atoms with van der Waals surface area (Å²) in [5.41, 5.74) is 0.737. The van der Waals surface area contributed by atoms with Gasteiger partial charge in [-0.3, -0.25) is 0 Å². The van der Waals surface area contributed by atoms with Crippen LogP contribution in [0.5, 0.6) is 11.5 Å². The summed E-state index contributed by atoms with van der Waals surface area (Å²) in [5, 5.41) is 3.29. The van der Waals surface area contributed by atoms with Crippen molar-refractivity contribution in [2.24, 2.45) is 0 Å². The average Bonchev–Trinajstić information content (AvgIpc) is 2.40. The zero-order valence-electron chi connectivity index (χ0n) is 9.97. The Morgan fingerprint density at radius 2 is 1.94 bits per heavy atom. The van der Waals surface area contributed by atoms with Crippen LogP contribution in [0, 0.1) is 5.82 Å². The number of hydrogen-bond donors (Lipinski definition) is 1. The minimum absolute atomic E-state index is 0.196. The van der Waals surface area contributed by atoms with Crippen LogP contribution in [-0.2, 0) is 0 Å². The molecule has 5 heteroatoms. The van der Waals surface area contributed by atoms with Crippen LogP contribution in [-0.4, -0.2) is 26.3 Å². The normalized spacial score (nSPS) is 19.9. The minimum Gasteiger partial charge on any atom is -0.486 e. The van der Waals surface area contributed by atoms with Crippen molar-refractivity contribution in [2.45, 2.75) is 18.8 Å². The van der Waals surface area contributed by atoms with Gasteiger partial charge in [-0.15, -0.1) is 0 Å². The van der Waals surface area contributed by atoms with E-state index >= 15 is 0 Å². The predicted octanol–water partition coefficient (Wildman–Crippen LogP) is 2.83. The van der Waals surface area contributed by atoms with Gasteiger partial charge < -0.3 is 14.8 Å². The molecule has 1 fully saturated rings. The summed E-state index contributed by atoms with van der Waals surface area (Å²) in [4.78, 5) is 0. The molecule has 1 aromatic carbocycles. The molecule has 1 aromatic rings. The summed E-state index contributed by atoms with van der Waals surface area (Å²) in [7, 11) is 0. The summed E-state index contributed by atoms with van der Waals surface area (Å²) < 4.78 is 26.0. The topological polar surface area (TPSA) is 30.5 Å². The van der Waals surface area contributed by atoms with E-state index in [4.69, 9.17) is 9.47 Å². The Labute approximate surface area is 114 Å². The first kappa shape index (κ1) is 12.2. The van der Waals surface area contributed by atoms with Crippen molar-refractivity contribution < 1.29 is 13.9 Å². The molecule has 3 rings (SSSR count). The fourth-order valence-corrected chi connectivity index (χ4v) is 3.44. The highest BCUT2D eigenvalue weighted by Crippen LogP contribution is 2.45. The second-order valence-corrected chi connectivity index (χ2v) is 5.43. The molecule has 0 bridgehead atoms. The third kappa shape index (κ3) is 2.10. The van der Waals surface area contributed by atoms with Gasteiger partial charge in [0.05, 0.1) is 4.47 Å². The Balaban J connectivity index is 2.02. The molecule has 0 atom stereocenters. The Morgan fingerprint density at radius 3 is 2.72 bits per heavy atom. The number of rotatable bonds is 1. The molecule has 0 amide bonds. The van der Waals surface area contributed by atoms with E-state index in [1.807, 2.05) is 0 Å². The van der Waals surface area contributed by atoms with Crippen LogP contribution in [0.4, 0.5) is 4.39 Å². The highest BCUT2D eigenvalue weighted by atomic mass is 79.9. The van der Waals surface area contributed by atoms with E-state index in [9.17, 15) is 4.39 Å². The van der Waals surface area contributed by atoms with Crippen molar-refractivity contribution in [3.05, 3.63) is 21.9 Å². The molecule has 0 aliphatic carbocycles. The summed E-state index contributed by atoms with van der Waals surface area (Å²) in [6.07, 6.45) is 1.91. The smallest absolute Gasteiger partial charge is 0.176 e. The summed E-state index contributed by atoms with van der Waals surface area (Å²) in [6, 6.07) is 1.45. The number of benzene rings is 1. The molecule has 2 aliphatic heterocycles. The molecule has 1 N–H and O–H groups in total. The van der Waals surface area contributed by atoms with Gasteiger partial charge in [0.25, 0.3) is 0 Å². The molecule has 1 saturated heterocycles. The Morgan fingerprint density at radius 1 is 1.22 bits per heavy atom. The molecule has 0 unspecified atom stereocenters. The number of fused-ring (bicyclic) bond motifs is 1. The van der Waals surface area contributed by atoms with Gasteiger partial charge in [-0.2, -0.15) is 0 Å². The lowest BCUT2D eigenvalue weighted by molar-refractivity contribution is 0.169. The van der Waals surface area contributed by atoms with Gasteiger partial charge in [0.15, 0.2) is 11.5 Å². The summed E-state index contributed by atoms with van der Waals surface area (Å²) in [6.45, 7) is 2.87. The van der Waals surface area contributed by atoms with Crippen LogP contribution in [0.2, 0.25) is 0 Å². The molecule has 2 heterocycles. The van der Waals surface area contributed by atoms with E-state index in [-0.39, 0.29) is 11.7 Å². The van der Waals surface area contributed by atoms with Gasteiger partial charge in [-0.25, -0.2) is 4.39 Å². The van der Waals surface area contributed by atoms with E-state index in [1.54, 1.807) is 0 Å². The first-order chi connectivity index (χ1) is 8.77. The molecule has 2 aliphatic rings. The maximum absolute atomic E-state index is 14.2. The van der Waals surface area contributed by atoms with Crippen LogP contribution in [0.25, 0.3) is 0 Å². The molecular formula is C13H15BrFNO2. The monoisotopic (exact) mass is 315 g/mol. The van der Waals surface area contributed by atoms with Gasteiger partial charge in [0.1, 0.15) is 19.0 Å². The van der Waals surface area contributed by atoms with Crippen LogP contribution in [0.15, 0.2) is 10.5 Å². The lowest BCUT2D eigenvalue weighted by Crippen LogP contribution is -2.27. The van der Waals surface area contributed by atoms with Crippen molar-refractivity contribution >= 4 is 15.9 Å². The zero-order chi connectivity index (χ0) is 12.5. The fraction of sp³-hybridized carbons (Fsp3) is 0.538. The van der Waals surface area contributed by atoms with Gasteiger partial charge >= 0.3 is 0 Å². The quantitative estimate of drug-likeness (QED) is 0.864. The van der Waals surface area contributed by atoms with E-state index in [2.05, 4.69) is 21.2 Å². The van der Waals surface area contributed by atoms with E-state index < -0.39 is 0 Å². The standard InChI is InChI=1S/C13H15BrFNO2/c14-12-11(8-1-3-16-4-2-8)9(15)7-10-13(12)18-6-5-17-10/h7-8,16H,1-6H2. The van der Waals surface area contributed by atoms with Crippen LogP contribution >= 0.6 is 15.9 Å². The van der Waals surface area contributed by atoms with Crippen molar-refractivity contribution in [1.29, 1.82) is 0 Å². The summed E-state index contributed by atoms with van der Waals surface area (Å²) in [5.74, 6) is 1.20. The maximum Gasteiger partial charge on any atom is 0.176 e. The van der Waals surface area contributed by atoms with E-state index in [1.165, 1.54) is 6.07 Å². The average molecular weight is 316 g/mol. The molecule has 0 aromatic heterocycles. The number of hydrogen-bond acceptors (Lipinski definition) is 3. The second-order valence-electron chi connectivity index (χ2n) is 4.63. The Kier molecular flexibility index (Phi) is 3.43. The van der Waals surface area contributed by atoms with Crippen molar-refractivity contribution in [3.63, 3.8) is 0 Å². The van der Waals surface area contributed by atoms with E-state index in [0.29, 0.717) is 24.7 Å². The first-order valence-corrected chi connectivity index (χ1v) is 7.05. The number of piperidine rings is 1.